The molecule has 3 rings (SSSR count). The molecular formula is C22H23N3O2. The molecule has 0 spiro atoms. The van der Waals surface area contributed by atoms with Crippen LogP contribution in [0.15, 0.2) is 72.9 Å². The molecule has 1 amide bonds. The van der Waals surface area contributed by atoms with Crippen molar-refractivity contribution >= 4 is 17.4 Å². The molecule has 0 atom stereocenters. The molecule has 0 bridgehead atoms. The van der Waals surface area contributed by atoms with Gasteiger partial charge in [-0.2, -0.15) is 0 Å². The number of hydrogen-bond donors (Lipinski definition) is 1. The van der Waals surface area contributed by atoms with Crippen LogP contribution in [0.1, 0.15) is 22.8 Å². The Morgan fingerprint density at radius 1 is 1.04 bits per heavy atom. The number of carbonyl (C=O) groups excluding carboxylic acids is 1. The van der Waals surface area contributed by atoms with Crippen LogP contribution in [0.5, 0.6) is 5.75 Å². The molecule has 27 heavy (non-hydrogen) atoms. The lowest BCUT2D eigenvalue weighted by atomic mass is 10.2. The summed E-state index contributed by atoms with van der Waals surface area (Å²) in [5.74, 6) is 1.46. The van der Waals surface area contributed by atoms with E-state index in [9.17, 15) is 4.79 Å². The second-order valence-electron chi connectivity index (χ2n) is 6.02. The first kappa shape index (κ1) is 18.5. The third-order valence-corrected chi connectivity index (χ3v) is 4.28. The molecule has 5 nitrogen and oxygen atoms in total. The zero-order chi connectivity index (χ0) is 19.1. The molecule has 3 aromatic rings. The topological polar surface area (TPSA) is 54.5 Å². The smallest absolute Gasteiger partial charge is 0.253 e. The summed E-state index contributed by atoms with van der Waals surface area (Å²) in [6.07, 6.45) is 1.62. The molecule has 0 unspecified atom stereocenters. The molecule has 0 radical (unpaired) electrons. The van der Waals surface area contributed by atoms with Gasteiger partial charge in [-0.15, -0.1) is 0 Å². The van der Waals surface area contributed by atoms with Gasteiger partial charge in [0.1, 0.15) is 11.6 Å². The fourth-order valence-electron chi connectivity index (χ4n) is 2.79. The molecule has 1 aromatic heterocycles. The highest BCUT2D eigenvalue weighted by atomic mass is 16.5. The summed E-state index contributed by atoms with van der Waals surface area (Å²) >= 11 is 0. The predicted octanol–water partition coefficient (Wildman–Crippen LogP) is 4.18. The van der Waals surface area contributed by atoms with Crippen molar-refractivity contribution in [3.8, 4) is 5.75 Å². The monoisotopic (exact) mass is 361 g/mol. The van der Waals surface area contributed by atoms with Crippen LogP contribution in [-0.4, -0.2) is 24.5 Å². The average molecular weight is 361 g/mol. The van der Waals surface area contributed by atoms with Crippen LogP contribution in [0.2, 0.25) is 0 Å². The van der Waals surface area contributed by atoms with E-state index in [0.717, 1.165) is 29.4 Å². The Hall–Kier alpha value is -3.34. The van der Waals surface area contributed by atoms with E-state index in [1.165, 1.54) is 0 Å². The number of rotatable bonds is 7. The third kappa shape index (κ3) is 4.64. The maximum Gasteiger partial charge on any atom is 0.253 e. The molecule has 0 fully saturated rings. The van der Waals surface area contributed by atoms with Crippen molar-refractivity contribution in [1.29, 1.82) is 0 Å². The van der Waals surface area contributed by atoms with E-state index in [2.05, 4.69) is 22.1 Å². The number of nitrogens with one attached hydrogen (secondary N) is 1. The quantitative estimate of drug-likeness (QED) is 0.686. The molecule has 2 aromatic carbocycles. The van der Waals surface area contributed by atoms with Crippen molar-refractivity contribution in [2.45, 2.75) is 13.5 Å². The van der Waals surface area contributed by atoms with Gasteiger partial charge in [0.15, 0.2) is 0 Å². The number of ether oxygens (including phenoxy) is 1. The number of hydrogen-bond acceptors (Lipinski definition) is 4. The van der Waals surface area contributed by atoms with E-state index >= 15 is 0 Å². The van der Waals surface area contributed by atoms with Crippen LogP contribution in [0, 0.1) is 0 Å². The summed E-state index contributed by atoms with van der Waals surface area (Å²) in [4.78, 5) is 18.9. The molecule has 5 heteroatoms. The van der Waals surface area contributed by atoms with E-state index in [-0.39, 0.29) is 5.91 Å². The highest BCUT2D eigenvalue weighted by Crippen LogP contribution is 2.22. The fraction of sp³-hybridized carbons (Fsp3) is 0.182. The summed E-state index contributed by atoms with van der Waals surface area (Å²) < 4.78 is 5.14. The summed E-state index contributed by atoms with van der Waals surface area (Å²) in [7, 11) is 1.63. The van der Waals surface area contributed by atoms with Gasteiger partial charge in [0, 0.05) is 25.0 Å². The number of aromatic nitrogens is 1. The van der Waals surface area contributed by atoms with Crippen molar-refractivity contribution in [2.75, 3.05) is 18.6 Å². The SMILES string of the molecule is CCN(c1ccccc1)c1ccc(C(=O)NCc2ccc(OC)cc2)cn1. The Morgan fingerprint density at radius 2 is 1.78 bits per heavy atom. The van der Waals surface area contributed by atoms with Crippen molar-refractivity contribution in [3.63, 3.8) is 0 Å². The lowest BCUT2D eigenvalue weighted by Crippen LogP contribution is -2.23. The largest absolute Gasteiger partial charge is 0.497 e. The molecule has 0 aliphatic heterocycles. The van der Waals surface area contributed by atoms with E-state index in [0.29, 0.717) is 12.1 Å². The van der Waals surface area contributed by atoms with E-state index in [4.69, 9.17) is 4.74 Å². The Labute approximate surface area is 159 Å². The maximum absolute atomic E-state index is 12.4. The van der Waals surface area contributed by atoms with Crippen LogP contribution in [0.3, 0.4) is 0 Å². The molecule has 0 aliphatic rings. The van der Waals surface area contributed by atoms with E-state index in [1.807, 2.05) is 60.7 Å². The lowest BCUT2D eigenvalue weighted by molar-refractivity contribution is 0.0950. The first-order valence-corrected chi connectivity index (χ1v) is 8.91. The van der Waals surface area contributed by atoms with Crippen molar-refractivity contribution < 1.29 is 9.53 Å². The van der Waals surface area contributed by atoms with Crippen molar-refractivity contribution in [1.82, 2.24) is 10.3 Å². The minimum Gasteiger partial charge on any atom is -0.497 e. The average Bonchev–Trinajstić information content (AvgIpc) is 2.74. The number of para-hydroxylation sites is 1. The van der Waals surface area contributed by atoms with Gasteiger partial charge in [-0.3, -0.25) is 4.79 Å². The van der Waals surface area contributed by atoms with Crippen molar-refractivity contribution in [2.24, 2.45) is 0 Å². The van der Waals surface area contributed by atoms with Gasteiger partial charge < -0.3 is 15.0 Å². The minimum absolute atomic E-state index is 0.146. The second-order valence-corrected chi connectivity index (χ2v) is 6.02. The van der Waals surface area contributed by atoms with E-state index < -0.39 is 0 Å². The molecule has 0 aliphatic carbocycles. The third-order valence-electron chi connectivity index (χ3n) is 4.28. The molecule has 138 valence electrons. The summed E-state index contributed by atoms with van der Waals surface area (Å²) in [6, 6.07) is 21.4. The van der Waals surface area contributed by atoms with E-state index in [1.54, 1.807) is 19.4 Å². The van der Waals surface area contributed by atoms with Gasteiger partial charge in [-0.05, 0) is 48.9 Å². The fourth-order valence-corrected chi connectivity index (χ4v) is 2.79. The van der Waals surface area contributed by atoms with Crippen LogP contribution >= 0.6 is 0 Å². The molecule has 1 N–H and O–H groups in total. The standard InChI is InChI=1S/C22H23N3O2/c1-3-25(19-7-5-4-6-8-19)21-14-11-18(16-23-21)22(26)24-15-17-9-12-20(27-2)13-10-17/h4-14,16H,3,15H2,1-2H3,(H,24,26). The van der Waals surface area contributed by atoms with Gasteiger partial charge in [0.2, 0.25) is 0 Å². The molecule has 0 saturated heterocycles. The Bertz CT molecular complexity index is 862. The number of anilines is 2. The predicted molar refractivity (Wildman–Crippen MR) is 108 cm³/mol. The second kappa shape index (κ2) is 8.85. The summed E-state index contributed by atoms with van der Waals surface area (Å²) in [5, 5.41) is 2.91. The lowest BCUT2D eigenvalue weighted by Gasteiger charge is -2.22. The first-order valence-electron chi connectivity index (χ1n) is 8.91. The van der Waals surface area contributed by atoms with Crippen LogP contribution in [-0.2, 0) is 6.54 Å². The summed E-state index contributed by atoms with van der Waals surface area (Å²) in [6.45, 7) is 3.32. The van der Waals surface area contributed by atoms with Gasteiger partial charge in [0.05, 0.1) is 12.7 Å². The Morgan fingerprint density at radius 3 is 2.37 bits per heavy atom. The van der Waals surface area contributed by atoms with Gasteiger partial charge in [0.25, 0.3) is 5.91 Å². The Balaban J connectivity index is 1.64. The van der Waals surface area contributed by atoms with Crippen LogP contribution in [0.4, 0.5) is 11.5 Å². The first-order chi connectivity index (χ1) is 13.2. The Kier molecular flexibility index (Phi) is 6.05. The minimum atomic E-state index is -0.146. The zero-order valence-corrected chi connectivity index (χ0v) is 15.6. The highest BCUT2D eigenvalue weighted by molar-refractivity contribution is 5.94. The zero-order valence-electron chi connectivity index (χ0n) is 15.6. The van der Waals surface area contributed by atoms with Gasteiger partial charge >= 0.3 is 0 Å². The molecular weight excluding hydrogens is 338 g/mol. The number of benzene rings is 2. The maximum atomic E-state index is 12.4. The van der Waals surface area contributed by atoms with Gasteiger partial charge in [-0.25, -0.2) is 4.98 Å². The number of amides is 1. The highest BCUT2D eigenvalue weighted by Gasteiger charge is 2.10. The molecule has 1 heterocycles. The number of pyridine rings is 1. The van der Waals surface area contributed by atoms with Crippen molar-refractivity contribution in [3.05, 3.63) is 84.1 Å². The molecule has 0 saturated carbocycles. The number of nitrogens with zero attached hydrogens (tertiary/aromatic N) is 2. The summed E-state index contributed by atoms with van der Waals surface area (Å²) in [5.41, 5.74) is 2.62. The number of carbonyl (C=O) groups is 1. The number of methoxy groups -OCH3 is 1. The van der Waals surface area contributed by atoms with Gasteiger partial charge in [-0.1, -0.05) is 30.3 Å². The van der Waals surface area contributed by atoms with Crippen LogP contribution < -0.4 is 15.0 Å². The van der Waals surface area contributed by atoms with Crippen LogP contribution in [0.25, 0.3) is 0 Å². The normalized spacial score (nSPS) is 10.3.